The highest BCUT2D eigenvalue weighted by Gasteiger charge is 2.22. The second-order valence-electron chi connectivity index (χ2n) is 7.57. The van der Waals surface area contributed by atoms with Crippen molar-refractivity contribution in [2.24, 2.45) is 0 Å². The zero-order chi connectivity index (χ0) is 20.8. The molecule has 2 heterocycles. The van der Waals surface area contributed by atoms with Crippen molar-refractivity contribution in [3.8, 4) is 0 Å². The van der Waals surface area contributed by atoms with Crippen LogP contribution in [-0.2, 0) is 9.59 Å². The number of benzene rings is 1. The van der Waals surface area contributed by atoms with Crippen molar-refractivity contribution in [1.82, 2.24) is 14.8 Å². The van der Waals surface area contributed by atoms with Crippen molar-refractivity contribution in [2.45, 2.75) is 13.8 Å². The Bertz CT molecular complexity index is 848. The molecule has 1 fully saturated rings. The third-order valence-corrected chi connectivity index (χ3v) is 5.18. The summed E-state index contributed by atoms with van der Waals surface area (Å²) in [6.07, 6.45) is 1.80. The Labute approximate surface area is 172 Å². The summed E-state index contributed by atoms with van der Waals surface area (Å²) in [6.45, 7) is 7.56. The molecule has 0 radical (unpaired) electrons. The highest BCUT2D eigenvalue weighted by molar-refractivity contribution is 5.95. The van der Waals surface area contributed by atoms with Crippen LogP contribution in [-0.4, -0.2) is 72.9 Å². The van der Waals surface area contributed by atoms with Gasteiger partial charge in [0, 0.05) is 45.1 Å². The lowest BCUT2D eigenvalue weighted by molar-refractivity contribution is -0.134. The smallest absolute Gasteiger partial charge is 0.243 e. The minimum absolute atomic E-state index is 0.0418. The van der Waals surface area contributed by atoms with E-state index >= 15 is 0 Å². The number of carbonyl (C=O) groups excluding carboxylic acids is 2. The van der Waals surface area contributed by atoms with Gasteiger partial charge in [0.05, 0.1) is 13.1 Å². The predicted octanol–water partition coefficient (Wildman–Crippen LogP) is 1.92. The molecule has 29 heavy (non-hydrogen) atoms. The number of hydrogen-bond acceptors (Lipinski definition) is 5. The number of aryl methyl sites for hydroxylation is 2. The SMILES string of the molecule is Cc1ccc(C)c(NC(=O)CN(C)C(=O)CN2CCN(c3ccccn3)CC2)c1. The standard InChI is InChI=1S/C22H29N5O2/c1-17-7-8-18(2)19(14-17)24-21(28)15-25(3)22(29)16-26-10-12-27(13-11-26)20-6-4-5-9-23-20/h4-9,14H,10-13,15-16H2,1-3H3,(H,24,28). The van der Waals surface area contributed by atoms with Gasteiger partial charge in [-0.05, 0) is 43.2 Å². The van der Waals surface area contributed by atoms with Crippen LogP contribution in [0.15, 0.2) is 42.6 Å². The normalized spacial score (nSPS) is 14.5. The quantitative estimate of drug-likeness (QED) is 0.809. The lowest BCUT2D eigenvalue weighted by atomic mass is 10.1. The number of anilines is 2. The van der Waals surface area contributed by atoms with Crippen LogP contribution in [0.25, 0.3) is 0 Å². The van der Waals surface area contributed by atoms with Gasteiger partial charge < -0.3 is 15.1 Å². The van der Waals surface area contributed by atoms with Gasteiger partial charge in [0.1, 0.15) is 5.82 Å². The third kappa shape index (κ3) is 5.77. The predicted molar refractivity (Wildman–Crippen MR) is 115 cm³/mol. The van der Waals surface area contributed by atoms with Gasteiger partial charge in [-0.25, -0.2) is 4.98 Å². The number of rotatable bonds is 6. The van der Waals surface area contributed by atoms with E-state index in [9.17, 15) is 9.59 Å². The number of amides is 2. The number of hydrogen-bond donors (Lipinski definition) is 1. The number of carbonyl (C=O) groups is 2. The average molecular weight is 396 g/mol. The summed E-state index contributed by atoms with van der Waals surface area (Å²) < 4.78 is 0. The maximum atomic E-state index is 12.6. The van der Waals surface area contributed by atoms with Crippen LogP contribution in [0.4, 0.5) is 11.5 Å². The fourth-order valence-electron chi connectivity index (χ4n) is 3.35. The maximum Gasteiger partial charge on any atom is 0.243 e. The fraction of sp³-hybridized carbons (Fsp3) is 0.409. The molecule has 0 saturated carbocycles. The van der Waals surface area contributed by atoms with Gasteiger partial charge in [-0.2, -0.15) is 0 Å². The summed E-state index contributed by atoms with van der Waals surface area (Å²) in [5.41, 5.74) is 2.88. The van der Waals surface area contributed by atoms with Crippen molar-refractivity contribution in [3.63, 3.8) is 0 Å². The molecule has 0 atom stereocenters. The number of pyridine rings is 1. The first-order valence-electron chi connectivity index (χ1n) is 9.92. The van der Waals surface area contributed by atoms with Crippen molar-refractivity contribution in [2.75, 3.05) is 56.5 Å². The van der Waals surface area contributed by atoms with Crippen molar-refractivity contribution < 1.29 is 9.59 Å². The second kappa shape index (κ2) is 9.52. The highest BCUT2D eigenvalue weighted by Crippen LogP contribution is 2.16. The Hall–Kier alpha value is -2.93. The van der Waals surface area contributed by atoms with Crippen LogP contribution in [0.3, 0.4) is 0 Å². The molecule has 1 saturated heterocycles. The van der Waals surface area contributed by atoms with Crippen molar-refractivity contribution >= 4 is 23.3 Å². The van der Waals surface area contributed by atoms with E-state index in [-0.39, 0.29) is 18.4 Å². The molecule has 154 valence electrons. The first-order chi connectivity index (χ1) is 13.9. The fourth-order valence-corrected chi connectivity index (χ4v) is 3.35. The Morgan fingerprint density at radius 3 is 2.55 bits per heavy atom. The van der Waals surface area contributed by atoms with Crippen molar-refractivity contribution in [3.05, 3.63) is 53.7 Å². The summed E-state index contributed by atoms with van der Waals surface area (Å²) in [6, 6.07) is 11.8. The number of piperazine rings is 1. The van der Waals surface area contributed by atoms with Crippen LogP contribution in [0, 0.1) is 13.8 Å². The third-order valence-electron chi connectivity index (χ3n) is 5.18. The van der Waals surface area contributed by atoms with Gasteiger partial charge >= 0.3 is 0 Å². The topological polar surface area (TPSA) is 68.8 Å². The minimum Gasteiger partial charge on any atom is -0.354 e. The van der Waals surface area contributed by atoms with Gasteiger partial charge in [-0.15, -0.1) is 0 Å². The van der Waals surface area contributed by atoms with Gasteiger partial charge in [0.25, 0.3) is 0 Å². The van der Waals surface area contributed by atoms with Crippen LogP contribution in [0.5, 0.6) is 0 Å². The number of nitrogens with zero attached hydrogens (tertiary/aromatic N) is 4. The van der Waals surface area contributed by atoms with E-state index in [1.807, 2.05) is 50.2 Å². The molecule has 0 bridgehead atoms. The molecule has 1 aliphatic rings. The second-order valence-corrected chi connectivity index (χ2v) is 7.57. The molecular weight excluding hydrogens is 366 g/mol. The van der Waals surface area contributed by atoms with Crippen LogP contribution in [0.1, 0.15) is 11.1 Å². The monoisotopic (exact) mass is 395 g/mol. The van der Waals surface area contributed by atoms with Gasteiger partial charge in [-0.3, -0.25) is 14.5 Å². The summed E-state index contributed by atoms with van der Waals surface area (Å²) in [7, 11) is 1.68. The van der Waals surface area contributed by atoms with E-state index < -0.39 is 0 Å². The number of aromatic nitrogens is 1. The average Bonchev–Trinajstić information content (AvgIpc) is 2.72. The molecule has 1 N–H and O–H groups in total. The highest BCUT2D eigenvalue weighted by atomic mass is 16.2. The molecule has 7 nitrogen and oxygen atoms in total. The van der Waals surface area contributed by atoms with Crippen molar-refractivity contribution in [1.29, 1.82) is 0 Å². The van der Waals surface area contributed by atoms with E-state index in [4.69, 9.17) is 0 Å². The molecule has 0 aliphatic carbocycles. The number of nitrogens with one attached hydrogen (secondary N) is 1. The molecule has 1 aromatic heterocycles. The molecule has 1 aromatic carbocycles. The van der Waals surface area contributed by atoms with Gasteiger partial charge in [0.2, 0.25) is 11.8 Å². The van der Waals surface area contributed by atoms with E-state index in [0.717, 1.165) is 48.8 Å². The Morgan fingerprint density at radius 1 is 1.10 bits per heavy atom. The van der Waals surface area contributed by atoms with E-state index in [2.05, 4.69) is 20.1 Å². The van der Waals surface area contributed by atoms with E-state index in [1.54, 1.807) is 13.2 Å². The molecule has 2 aromatic rings. The summed E-state index contributed by atoms with van der Waals surface area (Å²) in [5.74, 6) is 0.737. The van der Waals surface area contributed by atoms with Crippen LogP contribution < -0.4 is 10.2 Å². The Morgan fingerprint density at radius 2 is 1.86 bits per heavy atom. The Balaban J connectivity index is 1.44. The Kier molecular flexibility index (Phi) is 6.82. The lowest BCUT2D eigenvalue weighted by Gasteiger charge is -2.35. The zero-order valence-corrected chi connectivity index (χ0v) is 17.4. The largest absolute Gasteiger partial charge is 0.354 e. The number of likely N-dealkylation sites (N-methyl/N-ethyl adjacent to an activating group) is 1. The van der Waals surface area contributed by atoms with E-state index in [1.165, 1.54) is 4.90 Å². The zero-order valence-electron chi connectivity index (χ0n) is 17.4. The van der Waals surface area contributed by atoms with Crippen LogP contribution in [0.2, 0.25) is 0 Å². The summed E-state index contributed by atoms with van der Waals surface area (Å²) in [5, 5.41) is 2.90. The molecule has 0 spiro atoms. The molecule has 1 aliphatic heterocycles. The molecule has 3 rings (SSSR count). The minimum atomic E-state index is -0.186. The maximum absolute atomic E-state index is 12.6. The molecule has 2 amide bonds. The summed E-state index contributed by atoms with van der Waals surface area (Å²) in [4.78, 5) is 35.1. The van der Waals surface area contributed by atoms with Gasteiger partial charge in [0.15, 0.2) is 0 Å². The summed E-state index contributed by atoms with van der Waals surface area (Å²) >= 11 is 0. The lowest BCUT2D eigenvalue weighted by Crippen LogP contribution is -2.50. The molecular formula is C22H29N5O2. The first-order valence-corrected chi connectivity index (χ1v) is 9.92. The first kappa shape index (κ1) is 20.8. The molecule has 0 unspecified atom stereocenters. The van der Waals surface area contributed by atoms with E-state index in [0.29, 0.717) is 6.54 Å². The van der Waals surface area contributed by atoms with Gasteiger partial charge in [-0.1, -0.05) is 18.2 Å². The van der Waals surface area contributed by atoms with Crippen LogP contribution >= 0.6 is 0 Å². The molecule has 7 heteroatoms.